The maximum atomic E-state index is 9.39. The molecular formula is C28H24N2. The van der Waals surface area contributed by atoms with Gasteiger partial charge >= 0.3 is 0 Å². The molecule has 0 amide bonds. The number of nitrogens with zero attached hydrogens (tertiary/aromatic N) is 2. The van der Waals surface area contributed by atoms with Crippen molar-refractivity contribution in [1.82, 2.24) is 4.90 Å². The lowest BCUT2D eigenvalue weighted by Crippen LogP contribution is -2.31. The zero-order chi connectivity index (χ0) is 20.3. The lowest BCUT2D eigenvalue weighted by atomic mass is 9.86. The monoisotopic (exact) mass is 388 g/mol. The number of fused-ring (bicyclic) bond motifs is 2. The van der Waals surface area contributed by atoms with Crippen molar-refractivity contribution in [1.29, 1.82) is 5.26 Å². The van der Waals surface area contributed by atoms with Crippen molar-refractivity contribution >= 4 is 17.7 Å². The van der Waals surface area contributed by atoms with Gasteiger partial charge in [-0.1, -0.05) is 84.5 Å². The van der Waals surface area contributed by atoms with E-state index in [9.17, 15) is 5.26 Å². The van der Waals surface area contributed by atoms with Gasteiger partial charge in [0.2, 0.25) is 0 Å². The summed E-state index contributed by atoms with van der Waals surface area (Å²) in [5.41, 5.74) is 10.2. The zero-order valence-electron chi connectivity index (χ0n) is 17.0. The average Bonchev–Trinajstić information content (AvgIpc) is 2.97. The highest BCUT2D eigenvalue weighted by Gasteiger charge is 2.22. The van der Waals surface area contributed by atoms with Gasteiger partial charge in [-0.05, 0) is 52.3 Å². The maximum absolute atomic E-state index is 9.39. The van der Waals surface area contributed by atoms with E-state index in [2.05, 4.69) is 77.7 Å². The fourth-order valence-corrected chi connectivity index (χ4v) is 4.68. The van der Waals surface area contributed by atoms with E-state index in [0.717, 1.165) is 43.6 Å². The summed E-state index contributed by atoms with van der Waals surface area (Å²) in [6.45, 7) is 2.90. The molecule has 0 aromatic heterocycles. The van der Waals surface area contributed by atoms with Crippen LogP contribution in [-0.2, 0) is 6.54 Å². The molecule has 0 bridgehead atoms. The molecule has 3 aromatic rings. The van der Waals surface area contributed by atoms with Crippen molar-refractivity contribution in [3.05, 3.63) is 112 Å². The minimum atomic E-state index is 0.791. The van der Waals surface area contributed by atoms with Crippen LogP contribution in [0.3, 0.4) is 0 Å². The van der Waals surface area contributed by atoms with Crippen LogP contribution < -0.4 is 0 Å². The number of hydrogen-bond donors (Lipinski definition) is 0. The number of rotatable bonds is 2. The van der Waals surface area contributed by atoms with E-state index in [1.165, 1.54) is 27.8 Å². The van der Waals surface area contributed by atoms with Crippen LogP contribution in [0, 0.1) is 11.3 Å². The van der Waals surface area contributed by atoms with E-state index < -0.39 is 0 Å². The number of nitriles is 1. The minimum Gasteiger partial charge on any atom is -0.298 e. The molecule has 5 rings (SSSR count). The zero-order valence-corrected chi connectivity index (χ0v) is 17.0. The molecule has 2 nitrogen and oxygen atoms in total. The second-order valence-corrected chi connectivity index (χ2v) is 8.03. The summed E-state index contributed by atoms with van der Waals surface area (Å²) in [5, 5.41) is 9.39. The van der Waals surface area contributed by atoms with Gasteiger partial charge in [-0.2, -0.15) is 5.26 Å². The van der Waals surface area contributed by atoms with E-state index >= 15 is 0 Å². The van der Waals surface area contributed by atoms with Crippen molar-refractivity contribution in [2.75, 3.05) is 13.1 Å². The van der Waals surface area contributed by atoms with Crippen molar-refractivity contribution < 1.29 is 0 Å². The van der Waals surface area contributed by atoms with E-state index in [4.69, 9.17) is 0 Å². The van der Waals surface area contributed by atoms with Crippen LogP contribution in [-0.4, -0.2) is 18.0 Å². The first-order valence-corrected chi connectivity index (χ1v) is 10.6. The lowest BCUT2D eigenvalue weighted by molar-refractivity contribution is 0.248. The minimum absolute atomic E-state index is 0.791. The summed E-state index contributed by atoms with van der Waals surface area (Å²) >= 11 is 0. The molecule has 0 N–H and O–H groups in total. The average molecular weight is 389 g/mol. The van der Waals surface area contributed by atoms with Crippen molar-refractivity contribution in [3.8, 4) is 6.07 Å². The molecule has 30 heavy (non-hydrogen) atoms. The quantitative estimate of drug-likeness (QED) is 0.412. The third-order valence-electron chi connectivity index (χ3n) is 6.25. The van der Waals surface area contributed by atoms with Crippen LogP contribution in [0.4, 0.5) is 0 Å². The second-order valence-electron chi connectivity index (χ2n) is 8.03. The summed E-state index contributed by atoms with van der Waals surface area (Å²) in [6, 6.07) is 27.8. The van der Waals surface area contributed by atoms with Gasteiger partial charge in [0.25, 0.3) is 0 Å². The Balaban J connectivity index is 1.47. The molecule has 0 saturated carbocycles. The van der Waals surface area contributed by atoms with Gasteiger partial charge in [-0.25, -0.2) is 0 Å². The molecule has 1 aliphatic carbocycles. The highest BCUT2D eigenvalue weighted by atomic mass is 15.1. The summed E-state index contributed by atoms with van der Waals surface area (Å²) in [5.74, 6) is 0. The molecule has 3 aromatic carbocycles. The third kappa shape index (κ3) is 3.49. The topological polar surface area (TPSA) is 27.0 Å². The Hall–Kier alpha value is -3.41. The smallest absolute Gasteiger partial charge is 0.0995 e. The SMILES string of the molecule is N#Cc1ccccc1CN1CCC(=C2c3ccccc3C=Cc3ccccc32)CC1. The molecule has 2 heteroatoms. The first kappa shape index (κ1) is 18.6. The number of hydrogen-bond acceptors (Lipinski definition) is 2. The molecule has 1 heterocycles. The van der Waals surface area contributed by atoms with E-state index in [1.807, 2.05) is 18.2 Å². The molecule has 0 atom stereocenters. The Bertz CT molecular complexity index is 1130. The van der Waals surface area contributed by atoms with Gasteiger partial charge in [0.1, 0.15) is 0 Å². The summed E-state index contributed by atoms with van der Waals surface area (Å²) in [7, 11) is 0. The Morgan fingerprint density at radius 2 is 1.30 bits per heavy atom. The van der Waals surface area contributed by atoms with Crippen LogP contribution in [0.5, 0.6) is 0 Å². The van der Waals surface area contributed by atoms with Crippen molar-refractivity contribution in [2.45, 2.75) is 19.4 Å². The Morgan fingerprint density at radius 1 is 0.733 bits per heavy atom. The fourth-order valence-electron chi connectivity index (χ4n) is 4.68. The third-order valence-corrected chi connectivity index (χ3v) is 6.25. The van der Waals surface area contributed by atoms with Crippen molar-refractivity contribution in [2.24, 2.45) is 0 Å². The summed E-state index contributed by atoms with van der Waals surface area (Å²) in [6.07, 6.45) is 6.62. The van der Waals surface area contributed by atoms with Gasteiger partial charge in [0.05, 0.1) is 11.6 Å². The molecule has 0 spiro atoms. The van der Waals surface area contributed by atoms with E-state index in [0.29, 0.717) is 0 Å². The van der Waals surface area contributed by atoms with Crippen LogP contribution in [0.25, 0.3) is 17.7 Å². The first-order chi connectivity index (χ1) is 14.8. The standard InChI is InChI=1S/C28H24N2/c29-19-24-9-1-2-10-25(24)20-30-17-15-23(16-18-30)28-26-11-5-3-7-21(26)13-14-22-8-4-6-12-27(22)28/h1-14H,15-18,20H2. The predicted octanol–water partition coefficient (Wildman–Crippen LogP) is 6.14. The molecule has 146 valence electrons. The second kappa shape index (κ2) is 8.14. The molecule has 1 fully saturated rings. The summed E-state index contributed by atoms with van der Waals surface area (Å²) < 4.78 is 0. The Labute approximate surface area is 178 Å². The van der Waals surface area contributed by atoms with Crippen LogP contribution in [0.1, 0.15) is 46.2 Å². The van der Waals surface area contributed by atoms with Gasteiger partial charge in [0, 0.05) is 19.6 Å². The van der Waals surface area contributed by atoms with Gasteiger partial charge in [-0.3, -0.25) is 4.90 Å². The largest absolute Gasteiger partial charge is 0.298 e. The first-order valence-electron chi connectivity index (χ1n) is 10.6. The molecule has 0 unspecified atom stereocenters. The molecule has 1 aliphatic heterocycles. The van der Waals surface area contributed by atoms with Crippen molar-refractivity contribution in [3.63, 3.8) is 0 Å². The highest BCUT2D eigenvalue weighted by molar-refractivity contribution is 5.94. The molecule has 0 radical (unpaired) electrons. The molecule has 2 aliphatic rings. The number of benzene rings is 3. The fraction of sp³-hybridized carbons (Fsp3) is 0.179. The number of likely N-dealkylation sites (tertiary alicyclic amines) is 1. The van der Waals surface area contributed by atoms with Gasteiger partial charge in [0.15, 0.2) is 0 Å². The highest BCUT2D eigenvalue weighted by Crippen LogP contribution is 2.38. The van der Waals surface area contributed by atoms with Crippen LogP contribution in [0.15, 0.2) is 78.4 Å². The molecule has 1 saturated heterocycles. The summed E-state index contributed by atoms with van der Waals surface area (Å²) in [4.78, 5) is 2.48. The number of piperidine rings is 1. The van der Waals surface area contributed by atoms with Crippen LogP contribution >= 0.6 is 0 Å². The van der Waals surface area contributed by atoms with E-state index in [-0.39, 0.29) is 0 Å². The molecular weight excluding hydrogens is 364 g/mol. The van der Waals surface area contributed by atoms with Gasteiger partial charge in [-0.15, -0.1) is 0 Å². The van der Waals surface area contributed by atoms with Gasteiger partial charge < -0.3 is 0 Å². The predicted molar refractivity (Wildman–Crippen MR) is 124 cm³/mol. The Morgan fingerprint density at radius 3 is 1.93 bits per heavy atom. The maximum Gasteiger partial charge on any atom is 0.0995 e. The van der Waals surface area contributed by atoms with Crippen LogP contribution in [0.2, 0.25) is 0 Å². The lowest BCUT2D eigenvalue weighted by Gasteiger charge is -2.30. The van der Waals surface area contributed by atoms with E-state index in [1.54, 1.807) is 5.57 Å². The normalized spacial score (nSPS) is 15.8. The Kier molecular flexibility index (Phi) is 5.05.